The molecule has 0 bridgehead atoms. The molecule has 0 aliphatic heterocycles. The fourth-order valence-electron chi connectivity index (χ4n) is 2.95. The number of aryl methyl sites for hydroxylation is 2. The van der Waals surface area contributed by atoms with E-state index >= 15 is 0 Å². The molecule has 2 N–H and O–H groups in total. The number of ether oxygens (including phenoxy) is 2. The summed E-state index contributed by atoms with van der Waals surface area (Å²) in [5, 5.41) is 0.939. The number of imidazole rings is 1. The van der Waals surface area contributed by atoms with E-state index in [-0.39, 0.29) is 0 Å². The molecule has 2 heterocycles. The Bertz CT molecular complexity index is 915. The summed E-state index contributed by atoms with van der Waals surface area (Å²) >= 11 is 0. The molecule has 25 heavy (non-hydrogen) atoms. The maximum atomic E-state index is 6.18. The number of nitrogen functional groups attached to an aromatic ring is 1. The topological polar surface area (TPSA) is 75.2 Å². The van der Waals surface area contributed by atoms with Gasteiger partial charge < -0.3 is 15.2 Å². The highest BCUT2D eigenvalue weighted by atomic mass is 16.5. The number of hydrogen-bond acceptors (Lipinski definition) is 5. The van der Waals surface area contributed by atoms with E-state index in [0.717, 1.165) is 34.2 Å². The van der Waals surface area contributed by atoms with Crippen LogP contribution in [0.3, 0.4) is 0 Å². The minimum atomic E-state index is 0.409. The van der Waals surface area contributed by atoms with Gasteiger partial charge in [0.15, 0.2) is 5.82 Å². The lowest BCUT2D eigenvalue weighted by Gasteiger charge is -2.14. The predicted octanol–water partition coefficient (Wildman–Crippen LogP) is 3.84. The van der Waals surface area contributed by atoms with Gasteiger partial charge in [0.05, 0.1) is 29.6 Å². The first-order valence-electron chi connectivity index (χ1n) is 8.74. The number of fused-ring (bicyclic) bond motifs is 3. The number of rotatable bonds is 6. The standard InChI is InChI=1S/C19H26N4O2/c1-6-24-19-22-16-17(23(19)5)14-13(25-10-9-11(2)3)8-7-12(4)15(14)21-18(16)20/h7-8,11H,6,9-10H2,1-5H3,(H2,20,21). The summed E-state index contributed by atoms with van der Waals surface area (Å²) < 4.78 is 13.7. The first-order valence-corrected chi connectivity index (χ1v) is 8.74. The van der Waals surface area contributed by atoms with Crippen LogP contribution in [0.2, 0.25) is 0 Å². The molecule has 0 amide bonds. The minimum absolute atomic E-state index is 0.409. The molecule has 0 aliphatic rings. The molecule has 3 rings (SSSR count). The van der Waals surface area contributed by atoms with E-state index in [1.807, 2.05) is 37.6 Å². The van der Waals surface area contributed by atoms with Crippen LogP contribution in [0.4, 0.5) is 5.82 Å². The van der Waals surface area contributed by atoms with Gasteiger partial charge >= 0.3 is 0 Å². The van der Waals surface area contributed by atoms with Crippen molar-refractivity contribution in [3.8, 4) is 11.8 Å². The highest BCUT2D eigenvalue weighted by Crippen LogP contribution is 2.37. The zero-order chi connectivity index (χ0) is 18.1. The van der Waals surface area contributed by atoms with E-state index < -0.39 is 0 Å². The van der Waals surface area contributed by atoms with Crippen molar-refractivity contribution in [2.24, 2.45) is 13.0 Å². The summed E-state index contributed by atoms with van der Waals surface area (Å²) in [6.07, 6.45) is 0.997. The van der Waals surface area contributed by atoms with Crippen LogP contribution in [0, 0.1) is 12.8 Å². The Morgan fingerprint density at radius 2 is 1.92 bits per heavy atom. The van der Waals surface area contributed by atoms with Crippen molar-refractivity contribution >= 4 is 27.8 Å². The molecule has 134 valence electrons. The average molecular weight is 342 g/mol. The van der Waals surface area contributed by atoms with Gasteiger partial charge in [0.1, 0.15) is 11.3 Å². The third-order valence-corrected chi connectivity index (χ3v) is 4.33. The second-order valence-electron chi connectivity index (χ2n) is 6.72. The van der Waals surface area contributed by atoms with Crippen LogP contribution in [0.5, 0.6) is 11.8 Å². The lowest BCUT2D eigenvalue weighted by atomic mass is 10.1. The van der Waals surface area contributed by atoms with Crippen molar-refractivity contribution in [3.63, 3.8) is 0 Å². The number of nitrogens with two attached hydrogens (primary N) is 1. The molecule has 0 unspecified atom stereocenters. The summed E-state index contributed by atoms with van der Waals surface area (Å²) in [5.74, 6) is 1.81. The normalized spacial score (nSPS) is 11.6. The summed E-state index contributed by atoms with van der Waals surface area (Å²) in [5.41, 5.74) is 9.62. The molecule has 6 heteroatoms. The molecule has 2 aromatic heterocycles. The average Bonchev–Trinajstić information content (AvgIpc) is 2.88. The van der Waals surface area contributed by atoms with Crippen molar-refractivity contribution in [2.45, 2.75) is 34.1 Å². The Labute approximate surface area is 148 Å². The third kappa shape index (κ3) is 3.08. The SMILES string of the molecule is CCOc1nc2c(N)nc3c(C)ccc(OCCC(C)C)c3c2n1C. The van der Waals surface area contributed by atoms with Crippen LogP contribution in [0.25, 0.3) is 21.9 Å². The van der Waals surface area contributed by atoms with E-state index in [4.69, 9.17) is 15.2 Å². The summed E-state index contributed by atoms with van der Waals surface area (Å²) in [6, 6.07) is 4.56. The monoisotopic (exact) mass is 342 g/mol. The van der Waals surface area contributed by atoms with Gasteiger partial charge in [0.25, 0.3) is 6.01 Å². The molecule has 6 nitrogen and oxygen atoms in total. The van der Waals surface area contributed by atoms with Gasteiger partial charge in [-0.2, -0.15) is 4.98 Å². The Hall–Kier alpha value is -2.50. The third-order valence-electron chi connectivity index (χ3n) is 4.33. The first-order chi connectivity index (χ1) is 11.9. The number of anilines is 1. The Morgan fingerprint density at radius 3 is 2.60 bits per heavy atom. The lowest BCUT2D eigenvalue weighted by molar-refractivity contribution is 0.292. The fourth-order valence-corrected chi connectivity index (χ4v) is 2.95. The zero-order valence-corrected chi connectivity index (χ0v) is 15.6. The van der Waals surface area contributed by atoms with Gasteiger partial charge in [0, 0.05) is 7.05 Å². The van der Waals surface area contributed by atoms with Crippen LogP contribution in [-0.2, 0) is 7.05 Å². The molecule has 0 atom stereocenters. The maximum Gasteiger partial charge on any atom is 0.297 e. The van der Waals surface area contributed by atoms with Crippen molar-refractivity contribution in [3.05, 3.63) is 17.7 Å². The van der Waals surface area contributed by atoms with Gasteiger partial charge in [-0.25, -0.2) is 4.98 Å². The summed E-state index contributed by atoms with van der Waals surface area (Å²) in [4.78, 5) is 9.12. The molecule has 1 aromatic carbocycles. The number of pyridine rings is 1. The molecular weight excluding hydrogens is 316 g/mol. The van der Waals surface area contributed by atoms with Crippen molar-refractivity contribution in [1.29, 1.82) is 0 Å². The highest BCUT2D eigenvalue weighted by molar-refractivity contribution is 6.10. The number of aromatic nitrogens is 3. The van der Waals surface area contributed by atoms with E-state index in [1.54, 1.807) is 0 Å². The predicted molar refractivity (Wildman–Crippen MR) is 101 cm³/mol. The van der Waals surface area contributed by atoms with Gasteiger partial charge in [-0.05, 0) is 37.8 Å². The van der Waals surface area contributed by atoms with Crippen LogP contribution in [-0.4, -0.2) is 27.7 Å². The maximum absolute atomic E-state index is 6.18. The summed E-state index contributed by atoms with van der Waals surface area (Å²) in [6.45, 7) is 9.54. The van der Waals surface area contributed by atoms with Crippen LogP contribution in [0.15, 0.2) is 12.1 Å². The van der Waals surface area contributed by atoms with Crippen LogP contribution in [0.1, 0.15) is 32.8 Å². The van der Waals surface area contributed by atoms with Crippen LogP contribution >= 0.6 is 0 Å². The van der Waals surface area contributed by atoms with Crippen molar-refractivity contribution in [2.75, 3.05) is 18.9 Å². The number of hydrogen-bond donors (Lipinski definition) is 1. The van der Waals surface area contributed by atoms with Crippen molar-refractivity contribution < 1.29 is 9.47 Å². The van der Waals surface area contributed by atoms with E-state index in [0.29, 0.717) is 36.5 Å². The molecular formula is C19H26N4O2. The smallest absolute Gasteiger partial charge is 0.297 e. The summed E-state index contributed by atoms with van der Waals surface area (Å²) in [7, 11) is 1.93. The zero-order valence-electron chi connectivity index (χ0n) is 15.6. The van der Waals surface area contributed by atoms with E-state index in [2.05, 4.69) is 23.8 Å². The van der Waals surface area contributed by atoms with Gasteiger partial charge in [0.2, 0.25) is 0 Å². The van der Waals surface area contributed by atoms with Crippen molar-refractivity contribution in [1.82, 2.24) is 14.5 Å². The van der Waals surface area contributed by atoms with Gasteiger partial charge in [-0.1, -0.05) is 19.9 Å². The molecule has 0 radical (unpaired) electrons. The van der Waals surface area contributed by atoms with Gasteiger partial charge in [-0.15, -0.1) is 0 Å². The van der Waals surface area contributed by atoms with E-state index in [9.17, 15) is 0 Å². The quantitative estimate of drug-likeness (QED) is 0.737. The molecule has 0 saturated heterocycles. The number of benzene rings is 1. The minimum Gasteiger partial charge on any atom is -0.493 e. The molecule has 3 aromatic rings. The van der Waals surface area contributed by atoms with Gasteiger partial charge in [-0.3, -0.25) is 4.57 Å². The molecule has 0 aliphatic carbocycles. The Morgan fingerprint density at radius 1 is 1.16 bits per heavy atom. The Kier molecular flexibility index (Phi) is 4.70. The number of nitrogens with zero attached hydrogens (tertiary/aromatic N) is 3. The second-order valence-corrected chi connectivity index (χ2v) is 6.72. The lowest BCUT2D eigenvalue weighted by Crippen LogP contribution is -2.04. The first kappa shape index (κ1) is 17.3. The largest absolute Gasteiger partial charge is 0.493 e. The molecule has 0 saturated carbocycles. The molecule has 0 fully saturated rings. The van der Waals surface area contributed by atoms with E-state index in [1.165, 1.54) is 0 Å². The highest BCUT2D eigenvalue weighted by Gasteiger charge is 2.20. The van der Waals surface area contributed by atoms with Crippen LogP contribution < -0.4 is 15.2 Å². The molecule has 0 spiro atoms. The Balaban J connectivity index is 2.25. The second kappa shape index (κ2) is 6.78. The fraction of sp³-hybridized carbons (Fsp3) is 0.474.